The Morgan fingerprint density at radius 1 is 1.43 bits per heavy atom. The molecule has 5 nitrogen and oxygen atoms in total. The lowest BCUT2D eigenvalue weighted by Crippen LogP contribution is -2.44. The minimum atomic E-state index is 0.127. The highest BCUT2D eigenvalue weighted by Gasteiger charge is 2.24. The fourth-order valence-corrected chi connectivity index (χ4v) is 3.06. The van der Waals surface area contributed by atoms with Crippen molar-refractivity contribution < 1.29 is 14.7 Å². The molecule has 114 valence electrons. The molecule has 1 heterocycles. The number of likely N-dealkylation sites (N-methyl/N-ethyl adjacent to an activating group) is 1. The van der Waals surface area contributed by atoms with Crippen molar-refractivity contribution in [3.8, 4) is 5.75 Å². The number of benzene rings is 1. The van der Waals surface area contributed by atoms with Crippen molar-refractivity contribution in [2.45, 2.75) is 25.9 Å². The summed E-state index contributed by atoms with van der Waals surface area (Å²) < 4.78 is 11.7. The molecule has 1 unspecified atom stereocenters. The van der Waals surface area contributed by atoms with E-state index in [0.29, 0.717) is 6.61 Å². The minimum absolute atomic E-state index is 0.127. The van der Waals surface area contributed by atoms with E-state index >= 15 is 0 Å². The van der Waals surface area contributed by atoms with Gasteiger partial charge in [-0.25, -0.2) is 0 Å². The number of rotatable bonds is 4. The van der Waals surface area contributed by atoms with Crippen LogP contribution in [0.2, 0.25) is 0 Å². The lowest BCUT2D eigenvalue weighted by Gasteiger charge is -2.32. The van der Waals surface area contributed by atoms with Gasteiger partial charge in [0, 0.05) is 24.2 Å². The fourth-order valence-electron chi connectivity index (χ4n) is 3.06. The van der Waals surface area contributed by atoms with Crippen LogP contribution >= 0.6 is 0 Å². The van der Waals surface area contributed by atoms with Crippen LogP contribution in [0.15, 0.2) is 23.4 Å². The molecule has 5 heteroatoms. The van der Waals surface area contributed by atoms with Gasteiger partial charge in [0.1, 0.15) is 18.5 Å². The van der Waals surface area contributed by atoms with Gasteiger partial charge in [-0.1, -0.05) is 24.2 Å². The molecule has 0 saturated carbocycles. The van der Waals surface area contributed by atoms with Crippen molar-refractivity contribution in [3.05, 3.63) is 29.3 Å². The van der Waals surface area contributed by atoms with Gasteiger partial charge in [0.25, 0.3) is 0 Å². The van der Waals surface area contributed by atoms with Gasteiger partial charge >= 0.3 is 0 Å². The number of morpholine rings is 1. The van der Waals surface area contributed by atoms with Gasteiger partial charge in [0.05, 0.1) is 12.3 Å². The molecule has 3 rings (SSSR count). The van der Waals surface area contributed by atoms with Crippen molar-refractivity contribution >= 4 is 5.71 Å². The number of ether oxygens (including phenoxy) is 2. The molecule has 0 bridgehead atoms. The van der Waals surface area contributed by atoms with Crippen LogP contribution in [0, 0.1) is 0 Å². The predicted molar refractivity (Wildman–Crippen MR) is 80.4 cm³/mol. The SMILES string of the molecule is CCN1CCOC(COc2cccc3c2CCC3=NO)C1. The van der Waals surface area contributed by atoms with Gasteiger partial charge in [0.15, 0.2) is 0 Å². The Bertz CT molecular complexity index is 530. The quantitative estimate of drug-likeness (QED) is 0.680. The van der Waals surface area contributed by atoms with Gasteiger partial charge in [-0.05, 0) is 25.5 Å². The zero-order chi connectivity index (χ0) is 14.7. The lowest BCUT2D eigenvalue weighted by atomic mass is 10.1. The van der Waals surface area contributed by atoms with Gasteiger partial charge in [-0.2, -0.15) is 0 Å². The summed E-state index contributed by atoms with van der Waals surface area (Å²) in [5, 5.41) is 12.4. The minimum Gasteiger partial charge on any atom is -0.491 e. The van der Waals surface area contributed by atoms with E-state index in [1.165, 1.54) is 0 Å². The van der Waals surface area contributed by atoms with Crippen LogP contribution in [0.5, 0.6) is 5.75 Å². The van der Waals surface area contributed by atoms with Gasteiger partial charge in [0.2, 0.25) is 0 Å². The standard InChI is InChI=1S/C16H22N2O3/c1-2-18-8-9-20-12(10-18)11-21-16-5-3-4-13-14(16)6-7-15(13)17-19/h3-5,12,19H,2,6-11H2,1H3. The Morgan fingerprint density at radius 2 is 2.33 bits per heavy atom. The van der Waals surface area contributed by atoms with Gasteiger partial charge < -0.3 is 14.7 Å². The van der Waals surface area contributed by atoms with Crippen LogP contribution in [-0.2, 0) is 11.2 Å². The monoisotopic (exact) mass is 290 g/mol. The van der Waals surface area contributed by atoms with Crippen LogP contribution in [0.1, 0.15) is 24.5 Å². The first-order chi connectivity index (χ1) is 10.3. The van der Waals surface area contributed by atoms with Crippen molar-refractivity contribution in [3.63, 3.8) is 0 Å². The Kier molecular flexibility index (Phi) is 4.41. The number of oxime groups is 1. The van der Waals surface area contributed by atoms with Crippen molar-refractivity contribution in [1.82, 2.24) is 4.90 Å². The van der Waals surface area contributed by atoms with E-state index in [4.69, 9.17) is 14.7 Å². The lowest BCUT2D eigenvalue weighted by molar-refractivity contribution is -0.0465. The summed E-state index contributed by atoms with van der Waals surface area (Å²) in [5.41, 5.74) is 2.91. The van der Waals surface area contributed by atoms with Gasteiger partial charge in [-0.15, -0.1) is 0 Å². The third-order valence-electron chi connectivity index (χ3n) is 4.27. The second kappa shape index (κ2) is 6.45. The Labute approximate surface area is 125 Å². The second-order valence-corrected chi connectivity index (χ2v) is 5.53. The van der Waals surface area contributed by atoms with Crippen molar-refractivity contribution in [1.29, 1.82) is 0 Å². The van der Waals surface area contributed by atoms with E-state index in [1.807, 2.05) is 18.2 Å². The molecule has 2 aliphatic rings. The van der Waals surface area contributed by atoms with Crippen LogP contribution in [-0.4, -0.2) is 54.8 Å². The third kappa shape index (κ3) is 3.04. The molecule has 0 amide bonds. The number of hydrogen-bond donors (Lipinski definition) is 1. The Morgan fingerprint density at radius 3 is 3.14 bits per heavy atom. The molecule has 1 aromatic carbocycles. The Balaban J connectivity index is 1.65. The molecule has 1 fully saturated rings. The average molecular weight is 290 g/mol. The summed E-state index contributed by atoms with van der Waals surface area (Å²) in [4.78, 5) is 2.38. The molecule has 1 aliphatic heterocycles. The number of fused-ring (bicyclic) bond motifs is 1. The molecule has 1 saturated heterocycles. The highest BCUT2D eigenvalue weighted by molar-refractivity contribution is 6.04. The predicted octanol–water partition coefficient (Wildman–Crippen LogP) is 1.91. The zero-order valence-electron chi connectivity index (χ0n) is 12.4. The topological polar surface area (TPSA) is 54.3 Å². The van der Waals surface area contributed by atoms with Crippen molar-refractivity contribution in [2.24, 2.45) is 5.16 Å². The van der Waals surface area contributed by atoms with Crippen LogP contribution in [0.3, 0.4) is 0 Å². The average Bonchev–Trinajstić information content (AvgIpc) is 2.96. The summed E-state index contributed by atoms with van der Waals surface area (Å²) in [6.07, 6.45) is 1.77. The molecule has 1 atom stereocenters. The molecule has 1 aliphatic carbocycles. The maximum atomic E-state index is 9.02. The van der Waals surface area contributed by atoms with E-state index in [2.05, 4.69) is 17.0 Å². The summed E-state index contributed by atoms with van der Waals surface area (Å²) in [7, 11) is 0. The summed E-state index contributed by atoms with van der Waals surface area (Å²) in [6.45, 7) is 6.49. The molecule has 1 N–H and O–H groups in total. The van der Waals surface area contributed by atoms with E-state index in [9.17, 15) is 0 Å². The highest BCUT2D eigenvalue weighted by atomic mass is 16.5. The maximum Gasteiger partial charge on any atom is 0.123 e. The molecule has 0 aromatic heterocycles. The highest BCUT2D eigenvalue weighted by Crippen LogP contribution is 2.31. The van der Waals surface area contributed by atoms with E-state index in [-0.39, 0.29) is 6.10 Å². The smallest absolute Gasteiger partial charge is 0.123 e. The molecular formula is C16H22N2O3. The first-order valence-electron chi connectivity index (χ1n) is 7.61. The largest absolute Gasteiger partial charge is 0.491 e. The molecule has 0 spiro atoms. The summed E-state index contributed by atoms with van der Waals surface area (Å²) in [6, 6.07) is 5.92. The van der Waals surface area contributed by atoms with Crippen LogP contribution < -0.4 is 4.74 Å². The number of hydrogen-bond acceptors (Lipinski definition) is 5. The van der Waals surface area contributed by atoms with E-state index in [1.54, 1.807) is 0 Å². The zero-order valence-corrected chi connectivity index (χ0v) is 12.4. The second-order valence-electron chi connectivity index (χ2n) is 5.53. The fraction of sp³-hybridized carbons (Fsp3) is 0.562. The van der Waals surface area contributed by atoms with Gasteiger partial charge in [-0.3, -0.25) is 4.90 Å². The van der Waals surface area contributed by atoms with Crippen LogP contribution in [0.4, 0.5) is 0 Å². The normalized spacial score (nSPS) is 24.2. The first-order valence-corrected chi connectivity index (χ1v) is 7.61. The Hall–Kier alpha value is -1.59. The van der Waals surface area contributed by atoms with Crippen molar-refractivity contribution in [2.75, 3.05) is 32.8 Å². The van der Waals surface area contributed by atoms with Crippen LogP contribution in [0.25, 0.3) is 0 Å². The molecular weight excluding hydrogens is 268 g/mol. The molecule has 1 aromatic rings. The number of nitrogens with zero attached hydrogens (tertiary/aromatic N) is 2. The maximum absolute atomic E-state index is 9.02. The summed E-state index contributed by atoms with van der Waals surface area (Å²) in [5.74, 6) is 0.892. The summed E-state index contributed by atoms with van der Waals surface area (Å²) >= 11 is 0. The van der Waals surface area contributed by atoms with E-state index in [0.717, 1.165) is 61.7 Å². The first kappa shape index (κ1) is 14.4. The third-order valence-corrected chi connectivity index (χ3v) is 4.27. The van der Waals surface area contributed by atoms with E-state index < -0.39 is 0 Å². The molecule has 21 heavy (non-hydrogen) atoms. The molecule has 0 radical (unpaired) electrons.